The highest BCUT2D eigenvalue weighted by Gasteiger charge is 1.98. The minimum atomic E-state index is 1.07. The second-order valence-electron chi connectivity index (χ2n) is 2.79. The molecule has 0 unspecified atom stereocenters. The molecule has 0 spiro atoms. The molecule has 0 radical (unpaired) electrons. The van der Waals surface area contributed by atoms with Crippen molar-refractivity contribution in [2.75, 3.05) is 13.6 Å². The van der Waals surface area contributed by atoms with E-state index in [4.69, 9.17) is 4.42 Å². The highest BCUT2D eigenvalue weighted by molar-refractivity contribution is 5.18. The fourth-order valence-corrected chi connectivity index (χ4v) is 1.10. The Hall–Kier alpha value is -0.760. The van der Waals surface area contributed by atoms with Gasteiger partial charge >= 0.3 is 0 Å². The summed E-state index contributed by atoms with van der Waals surface area (Å²) in [5.74, 6) is 0. The maximum atomic E-state index is 5.06. The maximum Gasteiger partial charge on any atom is 0.0937 e. The Kier molecular flexibility index (Phi) is 3.17. The quantitative estimate of drug-likeness (QED) is 0.666. The second-order valence-corrected chi connectivity index (χ2v) is 2.79. The number of hydrogen-bond donors (Lipinski definition) is 1. The summed E-state index contributed by atoms with van der Waals surface area (Å²) >= 11 is 0. The van der Waals surface area contributed by atoms with Gasteiger partial charge in [0.15, 0.2) is 0 Å². The van der Waals surface area contributed by atoms with Crippen molar-refractivity contribution < 1.29 is 4.42 Å². The van der Waals surface area contributed by atoms with Crippen molar-refractivity contribution >= 4 is 0 Å². The molecular formula is C9H15NO. The third kappa shape index (κ3) is 2.39. The maximum absolute atomic E-state index is 5.06. The van der Waals surface area contributed by atoms with E-state index in [0.717, 1.165) is 13.0 Å². The molecular weight excluding hydrogens is 138 g/mol. The summed E-state index contributed by atoms with van der Waals surface area (Å²) in [5.41, 5.74) is 2.60. The largest absolute Gasteiger partial charge is 0.472 e. The van der Waals surface area contributed by atoms with E-state index in [-0.39, 0.29) is 0 Å². The van der Waals surface area contributed by atoms with Crippen LogP contribution in [-0.4, -0.2) is 13.6 Å². The van der Waals surface area contributed by atoms with Gasteiger partial charge in [0.25, 0.3) is 0 Å². The lowest BCUT2D eigenvalue weighted by Crippen LogP contribution is -2.08. The summed E-state index contributed by atoms with van der Waals surface area (Å²) in [5, 5.41) is 3.12. The smallest absolute Gasteiger partial charge is 0.0937 e. The Morgan fingerprint density at radius 3 is 2.82 bits per heavy atom. The monoisotopic (exact) mass is 153 g/mol. The molecule has 0 bridgehead atoms. The zero-order valence-corrected chi connectivity index (χ0v) is 7.18. The van der Waals surface area contributed by atoms with E-state index in [0.29, 0.717) is 0 Å². The van der Waals surface area contributed by atoms with Gasteiger partial charge in [0, 0.05) is 0 Å². The van der Waals surface area contributed by atoms with Crippen LogP contribution in [0.25, 0.3) is 0 Å². The van der Waals surface area contributed by atoms with Gasteiger partial charge in [0.2, 0.25) is 0 Å². The zero-order valence-electron chi connectivity index (χ0n) is 7.18. The minimum absolute atomic E-state index is 1.07. The Labute approximate surface area is 67.6 Å². The predicted molar refractivity (Wildman–Crippen MR) is 45.7 cm³/mol. The molecule has 0 saturated carbocycles. The Morgan fingerprint density at radius 2 is 2.27 bits per heavy atom. The Morgan fingerprint density at radius 1 is 1.45 bits per heavy atom. The number of hydrogen-bond acceptors (Lipinski definition) is 2. The molecule has 1 rings (SSSR count). The van der Waals surface area contributed by atoms with Crippen molar-refractivity contribution in [1.82, 2.24) is 5.32 Å². The third-order valence-corrected chi connectivity index (χ3v) is 1.83. The SMILES string of the molecule is CNCCCc1cocc1C. The molecule has 2 heteroatoms. The van der Waals surface area contributed by atoms with E-state index in [1.54, 1.807) is 6.26 Å². The molecule has 1 heterocycles. The first kappa shape index (κ1) is 8.34. The minimum Gasteiger partial charge on any atom is -0.472 e. The molecule has 0 fully saturated rings. The zero-order chi connectivity index (χ0) is 8.10. The number of nitrogens with one attached hydrogen (secondary N) is 1. The van der Waals surface area contributed by atoms with E-state index in [1.165, 1.54) is 17.5 Å². The molecule has 1 N–H and O–H groups in total. The fourth-order valence-electron chi connectivity index (χ4n) is 1.10. The topological polar surface area (TPSA) is 25.2 Å². The molecule has 1 aromatic heterocycles. The van der Waals surface area contributed by atoms with E-state index in [9.17, 15) is 0 Å². The van der Waals surface area contributed by atoms with Gasteiger partial charge in [-0.3, -0.25) is 0 Å². The van der Waals surface area contributed by atoms with Crippen LogP contribution in [0.3, 0.4) is 0 Å². The number of rotatable bonds is 4. The lowest BCUT2D eigenvalue weighted by Gasteiger charge is -1.97. The predicted octanol–water partition coefficient (Wildman–Crippen LogP) is 1.74. The summed E-state index contributed by atoms with van der Waals surface area (Å²) in [7, 11) is 1.97. The normalized spacial score (nSPS) is 10.4. The number of furan rings is 1. The van der Waals surface area contributed by atoms with E-state index < -0.39 is 0 Å². The van der Waals surface area contributed by atoms with E-state index in [2.05, 4.69) is 12.2 Å². The molecule has 0 aliphatic rings. The standard InChI is InChI=1S/C9H15NO/c1-8-6-11-7-9(8)4-3-5-10-2/h6-7,10H,3-5H2,1-2H3. The first-order valence-corrected chi connectivity index (χ1v) is 4.01. The van der Waals surface area contributed by atoms with Crippen LogP contribution >= 0.6 is 0 Å². The first-order valence-electron chi connectivity index (χ1n) is 4.01. The molecule has 62 valence electrons. The van der Waals surface area contributed by atoms with Crippen LogP contribution in [-0.2, 0) is 6.42 Å². The van der Waals surface area contributed by atoms with Crippen molar-refractivity contribution in [1.29, 1.82) is 0 Å². The van der Waals surface area contributed by atoms with Crippen molar-refractivity contribution in [3.63, 3.8) is 0 Å². The highest BCUT2D eigenvalue weighted by atomic mass is 16.3. The van der Waals surface area contributed by atoms with Crippen LogP contribution in [0.4, 0.5) is 0 Å². The van der Waals surface area contributed by atoms with Crippen molar-refractivity contribution in [3.8, 4) is 0 Å². The Bertz CT molecular complexity index is 205. The highest BCUT2D eigenvalue weighted by Crippen LogP contribution is 2.10. The molecule has 2 nitrogen and oxygen atoms in total. The van der Waals surface area contributed by atoms with Gasteiger partial charge in [-0.1, -0.05) is 0 Å². The lowest BCUT2D eigenvalue weighted by molar-refractivity contribution is 0.561. The van der Waals surface area contributed by atoms with Gasteiger partial charge in [0.1, 0.15) is 0 Å². The summed E-state index contributed by atoms with van der Waals surface area (Å²) in [6, 6.07) is 0. The molecule has 0 atom stereocenters. The van der Waals surface area contributed by atoms with Crippen LogP contribution in [0.2, 0.25) is 0 Å². The van der Waals surface area contributed by atoms with Crippen molar-refractivity contribution in [2.45, 2.75) is 19.8 Å². The lowest BCUT2D eigenvalue weighted by atomic mass is 10.1. The van der Waals surface area contributed by atoms with Gasteiger partial charge in [-0.25, -0.2) is 0 Å². The van der Waals surface area contributed by atoms with Crippen LogP contribution in [0.1, 0.15) is 17.5 Å². The van der Waals surface area contributed by atoms with Gasteiger partial charge in [-0.05, 0) is 44.5 Å². The fraction of sp³-hybridized carbons (Fsp3) is 0.556. The average molecular weight is 153 g/mol. The molecule has 0 aliphatic heterocycles. The van der Waals surface area contributed by atoms with Crippen LogP contribution in [0, 0.1) is 6.92 Å². The molecule has 0 aromatic carbocycles. The van der Waals surface area contributed by atoms with Crippen LogP contribution in [0.15, 0.2) is 16.9 Å². The number of aryl methyl sites for hydroxylation is 2. The summed E-state index contributed by atoms with van der Waals surface area (Å²) in [4.78, 5) is 0. The van der Waals surface area contributed by atoms with Gasteiger partial charge < -0.3 is 9.73 Å². The van der Waals surface area contributed by atoms with E-state index >= 15 is 0 Å². The van der Waals surface area contributed by atoms with E-state index in [1.807, 2.05) is 13.3 Å². The molecule has 0 aliphatic carbocycles. The summed E-state index contributed by atoms with van der Waals surface area (Å²) < 4.78 is 5.06. The van der Waals surface area contributed by atoms with Gasteiger partial charge in [0.05, 0.1) is 12.5 Å². The average Bonchev–Trinajstić information content (AvgIpc) is 2.37. The molecule has 0 saturated heterocycles. The molecule has 0 amide bonds. The second kappa shape index (κ2) is 4.19. The van der Waals surface area contributed by atoms with Crippen molar-refractivity contribution in [2.24, 2.45) is 0 Å². The van der Waals surface area contributed by atoms with Crippen molar-refractivity contribution in [3.05, 3.63) is 23.7 Å². The third-order valence-electron chi connectivity index (χ3n) is 1.83. The summed E-state index contributed by atoms with van der Waals surface area (Å²) in [6.45, 7) is 3.16. The first-order chi connectivity index (χ1) is 5.34. The van der Waals surface area contributed by atoms with Crippen LogP contribution in [0.5, 0.6) is 0 Å². The van der Waals surface area contributed by atoms with Gasteiger partial charge in [-0.15, -0.1) is 0 Å². The molecule has 1 aromatic rings. The van der Waals surface area contributed by atoms with Crippen LogP contribution < -0.4 is 5.32 Å². The van der Waals surface area contributed by atoms with Gasteiger partial charge in [-0.2, -0.15) is 0 Å². The molecule has 11 heavy (non-hydrogen) atoms. The summed E-state index contributed by atoms with van der Waals surface area (Å²) in [6.07, 6.45) is 5.93. The Balaban J connectivity index is 2.32.